The summed E-state index contributed by atoms with van der Waals surface area (Å²) in [5.41, 5.74) is 1.83. The van der Waals surface area contributed by atoms with Gasteiger partial charge in [0.2, 0.25) is 11.8 Å². The number of ether oxygens (including phenoxy) is 1. The maximum atomic E-state index is 13.3. The van der Waals surface area contributed by atoms with Gasteiger partial charge in [0.05, 0.1) is 24.3 Å². The minimum absolute atomic E-state index is 0.0433. The number of carbonyl (C=O) groups is 2. The Kier molecular flexibility index (Phi) is 7.83. The predicted molar refractivity (Wildman–Crippen MR) is 131 cm³/mol. The Labute approximate surface area is 202 Å². The molecule has 1 aromatic carbocycles. The summed E-state index contributed by atoms with van der Waals surface area (Å²) >= 11 is 0. The summed E-state index contributed by atoms with van der Waals surface area (Å²) in [5, 5.41) is 3.12. The number of pyridine rings is 1. The maximum Gasteiger partial charge on any atom is 0.229 e. The highest BCUT2D eigenvalue weighted by Crippen LogP contribution is 2.42. The third kappa shape index (κ3) is 5.58. The van der Waals surface area contributed by atoms with E-state index in [0.717, 1.165) is 68.9 Å². The van der Waals surface area contributed by atoms with E-state index >= 15 is 0 Å². The number of nitrogens with zero attached hydrogens (tertiary/aromatic N) is 3. The van der Waals surface area contributed by atoms with Gasteiger partial charge in [-0.25, -0.2) is 0 Å². The first-order valence-electron chi connectivity index (χ1n) is 12.4. The summed E-state index contributed by atoms with van der Waals surface area (Å²) < 4.78 is 5.24. The van der Waals surface area contributed by atoms with Gasteiger partial charge in [-0.15, -0.1) is 0 Å². The number of hydrogen-bond donors (Lipinski definition) is 1. The van der Waals surface area contributed by atoms with Crippen molar-refractivity contribution >= 4 is 11.8 Å². The molecule has 0 aliphatic carbocycles. The third-order valence-electron chi connectivity index (χ3n) is 7.38. The number of likely N-dealkylation sites (tertiary alicyclic amines) is 2. The van der Waals surface area contributed by atoms with Crippen LogP contribution in [0.4, 0.5) is 0 Å². The van der Waals surface area contributed by atoms with Crippen LogP contribution in [0.1, 0.15) is 56.3 Å². The second-order valence-electron chi connectivity index (χ2n) is 9.46. The zero-order chi connectivity index (χ0) is 24.0. The molecule has 34 heavy (non-hydrogen) atoms. The summed E-state index contributed by atoms with van der Waals surface area (Å²) in [4.78, 5) is 34.3. The van der Waals surface area contributed by atoms with E-state index in [1.807, 2.05) is 54.3 Å². The molecule has 1 atom stereocenters. The van der Waals surface area contributed by atoms with E-state index in [9.17, 15) is 9.59 Å². The molecular weight excluding hydrogens is 428 g/mol. The van der Waals surface area contributed by atoms with Gasteiger partial charge in [0.1, 0.15) is 5.75 Å². The number of nitrogens with one attached hydrogen (secondary N) is 1. The lowest BCUT2D eigenvalue weighted by Gasteiger charge is -2.38. The van der Waals surface area contributed by atoms with Crippen molar-refractivity contribution in [2.24, 2.45) is 5.41 Å². The van der Waals surface area contributed by atoms with Crippen molar-refractivity contribution in [3.05, 3.63) is 59.9 Å². The Balaban J connectivity index is 1.29. The lowest BCUT2D eigenvalue weighted by atomic mass is 9.77. The number of benzene rings is 1. The number of aromatic nitrogens is 1. The van der Waals surface area contributed by atoms with E-state index in [0.29, 0.717) is 18.9 Å². The molecular formula is C27H36N4O3. The van der Waals surface area contributed by atoms with Crippen molar-refractivity contribution in [2.75, 3.05) is 33.3 Å². The van der Waals surface area contributed by atoms with E-state index in [4.69, 9.17) is 4.74 Å². The summed E-state index contributed by atoms with van der Waals surface area (Å²) in [6.07, 6.45) is 5.80. The van der Waals surface area contributed by atoms with Crippen LogP contribution in [0.3, 0.4) is 0 Å². The predicted octanol–water partition coefficient (Wildman–Crippen LogP) is 3.56. The van der Waals surface area contributed by atoms with E-state index in [1.165, 1.54) is 0 Å². The first-order valence-corrected chi connectivity index (χ1v) is 12.4. The van der Waals surface area contributed by atoms with Crippen molar-refractivity contribution in [2.45, 2.75) is 51.6 Å². The summed E-state index contributed by atoms with van der Waals surface area (Å²) in [6.45, 7) is 6.07. The number of carbonyl (C=O) groups excluding carboxylic acids is 2. The molecule has 1 aromatic heterocycles. The van der Waals surface area contributed by atoms with Crippen LogP contribution in [0.5, 0.6) is 5.75 Å². The van der Waals surface area contributed by atoms with Crippen LogP contribution in [0.25, 0.3) is 0 Å². The molecule has 1 N–H and O–H groups in total. The smallest absolute Gasteiger partial charge is 0.229 e. The van der Waals surface area contributed by atoms with Crippen LogP contribution >= 0.6 is 0 Å². The highest BCUT2D eigenvalue weighted by molar-refractivity contribution is 5.85. The third-order valence-corrected chi connectivity index (χ3v) is 7.38. The van der Waals surface area contributed by atoms with Gasteiger partial charge in [0, 0.05) is 32.3 Å². The molecule has 2 aliphatic rings. The second kappa shape index (κ2) is 11.0. The van der Waals surface area contributed by atoms with E-state index in [1.54, 1.807) is 13.3 Å². The molecule has 3 heterocycles. The summed E-state index contributed by atoms with van der Waals surface area (Å²) in [5.74, 6) is 1.19. The normalized spacial score (nSPS) is 18.8. The van der Waals surface area contributed by atoms with Crippen molar-refractivity contribution in [3.8, 4) is 5.75 Å². The molecule has 1 spiro atoms. The Morgan fingerprint density at radius 3 is 2.50 bits per heavy atom. The standard InChI is InChI=1S/C27H36N4O3/c1-3-25(32)29-24(23-6-4-5-15-28-23)11-16-30-17-12-27(13-18-30)14-19-31(26(27)33)20-21-7-9-22(34-2)10-8-21/h4-10,15,24H,3,11-14,16-20H2,1-2H3,(H,29,32). The minimum Gasteiger partial charge on any atom is -0.497 e. The molecule has 7 nitrogen and oxygen atoms in total. The van der Waals surface area contributed by atoms with E-state index in [2.05, 4.69) is 15.2 Å². The van der Waals surface area contributed by atoms with Gasteiger partial charge in [0.25, 0.3) is 0 Å². The lowest BCUT2D eigenvalue weighted by molar-refractivity contribution is -0.139. The van der Waals surface area contributed by atoms with Gasteiger partial charge in [-0.05, 0) is 68.6 Å². The van der Waals surface area contributed by atoms with Gasteiger partial charge in [-0.1, -0.05) is 25.1 Å². The van der Waals surface area contributed by atoms with Gasteiger partial charge < -0.3 is 19.9 Å². The fourth-order valence-electron chi connectivity index (χ4n) is 5.15. The molecule has 2 aliphatic heterocycles. The topological polar surface area (TPSA) is 74.8 Å². The largest absolute Gasteiger partial charge is 0.497 e. The van der Waals surface area contributed by atoms with Crippen molar-refractivity contribution in [1.29, 1.82) is 0 Å². The second-order valence-corrected chi connectivity index (χ2v) is 9.46. The fourth-order valence-corrected chi connectivity index (χ4v) is 5.15. The Bertz CT molecular complexity index is 956. The number of rotatable bonds is 9. The van der Waals surface area contributed by atoms with Gasteiger partial charge in [-0.2, -0.15) is 0 Å². The minimum atomic E-state index is -0.209. The molecule has 2 amide bonds. The van der Waals surface area contributed by atoms with Gasteiger partial charge in [0.15, 0.2) is 0 Å². The Morgan fingerprint density at radius 1 is 1.12 bits per heavy atom. The Hall–Kier alpha value is -2.93. The molecule has 2 saturated heterocycles. The quantitative estimate of drug-likeness (QED) is 0.614. The molecule has 2 fully saturated rings. The fraction of sp³-hybridized carbons (Fsp3) is 0.519. The van der Waals surface area contributed by atoms with Crippen molar-refractivity contribution in [1.82, 2.24) is 20.1 Å². The van der Waals surface area contributed by atoms with Crippen LogP contribution in [0.2, 0.25) is 0 Å². The average Bonchev–Trinajstić information content (AvgIpc) is 3.18. The molecule has 0 bridgehead atoms. The summed E-state index contributed by atoms with van der Waals surface area (Å²) in [6, 6.07) is 13.7. The first kappa shape index (κ1) is 24.2. The van der Waals surface area contributed by atoms with Crippen molar-refractivity contribution in [3.63, 3.8) is 0 Å². The zero-order valence-corrected chi connectivity index (χ0v) is 20.3. The Morgan fingerprint density at radius 2 is 1.85 bits per heavy atom. The lowest BCUT2D eigenvalue weighted by Crippen LogP contribution is -2.45. The molecule has 1 unspecified atom stereocenters. The van der Waals surface area contributed by atoms with Crippen LogP contribution in [-0.2, 0) is 16.1 Å². The van der Waals surface area contributed by atoms with Crippen LogP contribution in [-0.4, -0.2) is 59.9 Å². The van der Waals surface area contributed by atoms with Crippen molar-refractivity contribution < 1.29 is 14.3 Å². The van der Waals surface area contributed by atoms with Crippen LogP contribution in [0.15, 0.2) is 48.7 Å². The number of hydrogen-bond acceptors (Lipinski definition) is 5. The van der Waals surface area contributed by atoms with Crippen LogP contribution < -0.4 is 10.1 Å². The molecule has 4 rings (SSSR count). The molecule has 182 valence electrons. The molecule has 0 radical (unpaired) electrons. The summed E-state index contributed by atoms with van der Waals surface area (Å²) in [7, 11) is 1.66. The van der Waals surface area contributed by atoms with Crippen LogP contribution in [0, 0.1) is 5.41 Å². The maximum absolute atomic E-state index is 13.3. The number of piperidine rings is 1. The van der Waals surface area contributed by atoms with Gasteiger partial charge in [-0.3, -0.25) is 14.6 Å². The molecule has 7 heteroatoms. The average molecular weight is 465 g/mol. The first-order chi connectivity index (χ1) is 16.5. The SMILES string of the molecule is CCC(=O)NC(CCN1CCC2(CC1)CCN(Cc1ccc(OC)cc1)C2=O)c1ccccn1. The monoisotopic (exact) mass is 464 g/mol. The molecule has 0 saturated carbocycles. The van der Waals surface area contributed by atoms with Gasteiger partial charge >= 0.3 is 0 Å². The highest BCUT2D eigenvalue weighted by Gasteiger charge is 2.47. The number of amides is 2. The van der Waals surface area contributed by atoms with E-state index in [-0.39, 0.29) is 17.4 Å². The highest BCUT2D eigenvalue weighted by atomic mass is 16.5. The molecule has 2 aromatic rings. The number of methoxy groups -OCH3 is 1. The zero-order valence-electron chi connectivity index (χ0n) is 20.3. The van der Waals surface area contributed by atoms with E-state index < -0.39 is 0 Å².